The van der Waals surface area contributed by atoms with Gasteiger partial charge in [0.1, 0.15) is 17.0 Å². The molecule has 69 heavy (non-hydrogen) atoms. The van der Waals surface area contributed by atoms with Crippen molar-refractivity contribution in [1.29, 1.82) is 0 Å². The normalized spacial score (nSPS) is 18.7. The Morgan fingerprint density at radius 2 is 1.07 bits per heavy atom. The largest absolute Gasteiger partial charge is 0.444 e. The Morgan fingerprint density at radius 1 is 0.667 bits per heavy atom. The van der Waals surface area contributed by atoms with E-state index < -0.39 is 42.2 Å². The topological polar surface area (TPSA) is 243 Å². The molecule has 2 fully saturated rings. The summed E-state index contributed by atoms with van der Waals surface area (Å²) < 4.78 is 67.9. The Labute approximate surface area is 409 Å². The maximum absolute atomic E-state index is 12.8. The number of benzene rings is 2. The lowest BCUT2D eigenvalue weighted by Gasteiger charge is -2.33. The third-order valence-corrected chi connectivity index (χ3v) is 13.4. The SMILES string of the molecule is CC(C)(C)OC(=O)N1CC(CC(CN)c2ccccc2)CC1(C)C.CC(C)(C)OC(=O)N1CC(CC(CNc2cccc(S(N)(=O)=O)n2)c2ccccc2)CC1(C)C.NS(=O)(=O)c1cccc(F)n1. The second kappa shape index (κ2) is 23.1. The van der Waals surface area contributed by atoms with Gasteiger partial charge < -0.3 is 30.3 Å². The molecule has 2 aliphatic heterocycles. The summed E-state index contributed by atoms with van der Waals surface area (Å²) in [6, 6.07) is 28.7. The van der Waals surface area contributed by atoms with Crippen LogP contribution in [-0.2, 0) is 29.5 Å². The number of ether oxygens (including phenoxy) is 2. The van der Waals surface area contributed by atoms with E-state index in [4.69, 9.17) is 20.3 Å². The van der Waals surface area contributed by atoms with E-state index in [0.29, 0.717) is 43.2 Å². The molecule has 4 heterocycles. The van der Waals surface area contributed by atoms with Crippen LogP contribution in [0.1, 0.15) is 118 Å². The molecule has 4 atom stereocenters. The fourth-order valence-electron chi connectivity index (χ4n) is 8.77. The van der Waals surface area contributed by atoms with Gasteiger partial charge in [0.2, 0.25) is 5.95 Å². The summed E-state index contributed by atoms with van der Waals surface area (Å²) in [6.45, 7) is 22.3. The van der Waals surface area contributed by atoms with E-state index in [1.807, 2.05) is 75.6 Å². The number of rotatable bonds is 12. The van der Waals surface area contributed by atoms with Crippen molar-refractivity contribution in [1.82, 2.24) is 19.8 Å². The number of pyridine rings is 2. The van der Waals surface area contributed by atoms with Crippen LogP contribution in [0, 0.1) is 17.8 Å². The molecule has 4 unspecified atom stereocenters. The van der Waals surface area contributed by atoms with E-state index in [0.717, 1.165) is 44.4 Å². The fraction of sp³-hybridized carbons (Fsp3) is 0.520. The summed E-state index contributed by atoms with van der Waals surface area (Å²) in [7, 11) is -7.75. The Balaban J connectivity index is 0.000000255. The van der Waals surface area contributed by atoms with Crippen LogP contribution in [-0.4, -0.2) is 97.2 Å². The van der Waals surface area contributed by atoms with Gasteiger partial charge in [-0.2, -0.15) is 4.39 Å². The first kappa shape index (κ1) is 56.4. The third-order valence-electron chi connectivity index (χ3n) is 11.7. The van der Waals surface area contributed by atoms with E-state index in [2.05, 4.69) is 84.5 Å². The second-order valence-electron chi connectivity index (χ2n) is 21.0. The molecule has 0 spiro atoms. The minimum Gasteiger partial charge on any atom is -0.444 e. The maximum Gasteiger partial charge on any atom is 0.410 e. The van der Waals surface area contributed by atoms with E-state index in [1.54, 1.807) is 12.1 Å². The van der Waals surface area contributed by atoms with Crippen molar-refractivity contribution in [2.45, 2.75) is 139 Å². The predicted octanol–water partition coefficient (Wildman–Crippen LogP) is 8.37. The van der Waals surface area contributed by atoms with Crippen LogP contribution in [0.25, 0.3) is 0 Å². The molecule has 16 nitrogen and oxygen atoms in total. The van der Waals surface area contributed by atoms with Crippen molar-refractivity contribution in [2.24, 2.45) is 27.8 Å². The molecule has 380 valence electrons. The Bertz CT molecular complexity index is 2540. The summed E-state index contributed by atoms with van der Waals surface area (Å²) >= 11 is 0. The number of hydrogen-bond donors (Lipinski definition) is 4. The predicted molar refractivity (Wildman–Crippen MR) is 267 cm³/mol. The molecule has 2 saturated heterocycles. The van der Waals surface area contributed by atoms with Gasteiger partial charge in [-0.25, -0.2) is 46.7 Å². The molecule has 7 N–H and O–H groups in total. The minimum atomic E-state index is -3.88. The molecule has 2 aliphatic rings. The Morgan fingerprint density at radius 3 is 1.46 bits per heavy atom. The number of primary sulfonamides is 2. The summed E-state index contributed by atoms with van der Waals surface area (Å²) in [5.74, 6) is 0.803. The quantitative estimate of drug-likeness (QED) is 0.0979. The van der Waals surface area contributed by atoms with E-state index in [1.165, 1.54) is 23.3 Å². The molecule has 19 heteroatoms. The number of carbonyl (C=O) groups excluding carboxylic acids is 2. The van der Waals surface area contributed by atoms with Gasteiger partial charge in [0, 0.05) is 36.6 Å². The highest BCUT2D eigenvalue weighted by Gasteiger charge is 2.45. The molecule has 2 aromatic carbocycles. The lowest BCUT2D eigenvalue weighted by Crippen LogP contribution is -2.45. The van der Waals surface area contributed by atoms with Crippen molar-refractivity contribution in [3.63, 3.8) is 0 Å². The lowest BCUT2D eigenvalue weighted by atomic mass is 9.85. The van der Waals surface area contributed by atoms with Gasteiger partial charge in [-0.1, -0.05) is 72.8 Å². The molecular formula is C50H73FN8O8S2. The number of hydrogen-bond acceptors (Lipinski definition) is 12. The van der Waals surface area contributed by atoms with E-state index in [-0.39, 0.29) is 34.2 Å². The summed E-state index contributed by atoms with van der Waals surface area (Å²) in [5, 5.41) is 12.5. The van der Waals surface area contributed by atoms with Gasteiger partial charge in [0.05, 0.1) is 0 Å². The number of nitrogens with zero attached hydrogens (tertiary/aromatic N) is 4. The highest BCUT2D eigenvalue weighted by atomic mass is 32.2. The average Bonchev–Trinajstić information content (AvgIpc) is 3.73. The Hall–Kier alpha value is -5.21. The molecule has 0 radical (unpaired) electrons. The molecule has 0 bridgehead atoms. The number of sulfonamides is 2. The number of aromatic nitrogens is 2. The summed E-state index contributed by atoms with van der Waals surface area (Å²) in [6.07, 6.45) is 3.22. The minimum absolute atomic E-state index is 0.139. The van der Waals surface area contributed by atoms with Crippen molar-refractivity contribution >= 4 is 38.1 Å². The van der Waals surface area contributed by atoms with Gasteiger partial charge in [0.25, 0.3) is 20.0 Å². The molecule has 0 saturated carbocycles. The first-order chi connectivity index (χ1) is 31.9. The summed E-state index contributed by atoms with van der Waals surface area (Å²) in [4.78, 5) is 36.3. The zero-order valence-electron chi connectivity index (χ0n) is 41.7. The van der Waals surface area contributed by atoms with Gasteiger partial charge in [-0.05, 0) is 155 Å². The van der Waals surface area contributed by atoms with Crippen molar-refractivity contribution in [3.8, 4) is 0 Å². The van der Waals surface area contributed by atoms with Crippen molar-refractivity contribution in [3.05, 3.63) is 114 Å². The highest BCUT2D eigenvalue weighted by Crippen LogP contribution is 2.40. The second-order valence-corrected chi connectivity index (χ2v) is 24.0. The molecule has 0 aliphatic carbocycles. The van der Waals surface area contributed by atoms with Crippen LogP contribution in [0.4, 0.5) is 19.8 Å². The molecule has 6 rings (SSSR count). The van der Waals surface area contributed by atoms with Crippen LogP contribution in [0.15, 0.2) is 107 Å². The van der Waals surface area contributed by atoms with Gasteiger partial charge in [-0.3, -0.25) is 0 Å². The molecule has 4 aromatic rings. The zero-order chi connectivity index (χ0) is 51.6. The van der Waals surface area contributed by atoms with Crippen molar-refractivity contribution < 1.29 is 40.3 Å². The molecule has 2 amide bonds. The van der Waals surface area contributed by atoms with E-state index in [9.17, 15) is 30.8 Å². The molecular weight excluding hydrogens is 924 g/mol. The van der Waals surface area contributed by atoms with Crippen LogP contribution in [0.2, 0.25) is 0 Å². The zero-order valence-corrected chi connectivity index (χ0v) is 43.3. The van der Waals surface area contributed by atoms with Gasteiger partial charge in [-0.15, -0.1) is 0 Å². The number of nitrogens with two attached hydrogens (primary N) is 3. The maximum atomic E-state index is 12.8. The standard InChI is InChI=1S/C25H36N4O4S.C20H32N2O2.C5H5FN2O2S/c1-24(2,3)33-23(30)29-17-18(15-25(29,4)5)14-20(19-10-7-6-8-11-19)16-27-21-12-9-13-22(28-21)34(26,31)32;1-19(2,3)24-18(23)22-14-15(12-20(22,4)5)11-17(13-21)16-9-7-6-8-10-16;6-4-2-1-3-5(8-4)11(7,9)10/h6-13,18,20H,14-17H2,1-5H3,(H,27,28)(H2,26,31,32);6-10,15,17H,11-14,21H2,1-5H3;1-3H,(H2,7,9,10). The lowest BCUT2D eigenvalue weighted by molar-refractivity contribution is 0.0118. The van der Waals surface area contributed by atoms with Crippen molar-refractivity contribution in [2.75, 3.05) is 31.5 Å². The smallest absolute Gasteiger partial charge is 0.410 e. The first-order valence-electron chi connectivity index (χ1n) is 23.1. The number of carbonyl (C=O) groups is 2. The highest BCUT2D eigenvalue weighted by molar-refractivity contribution is 7.89. The van der Waals surface area contributed by atoms with E-state index >= 15 is 0 Å². The third kappa shape index (κ3) is 17.9. The monoisotopic (exact) mass is 996 g/mol. The Kier molecular flexibility index (Phi) is 18.9. The van der Waals surface area contributed by atoms with Crippen LogP contribution >= 0.6 is 0 Å². The molecule has 2 aromatic heterocycles. The first-order valence-corrected chi connectivity index (χ1v) is 26.2. The number of amides is 2. The van der Waals surface area contributed by atoms with Crippen LogP contribution < -0.4 is 21.3 Å². The average molecular weight is 997 g/mol. The van der Waals surface area contributed by atoms with Gasteiger partial charge >= 0.3 is 12.2 Å². The number of nitrogens with one attached hydrogen (secondary N) is 1. The van der Waals surface area contributed by atoms with Crippen LogP contribution in [0.3, 0.4) is 0 Å². The number of anilines is 1. The fourth-order valence-corrected chi connectivity index (χ4v) is 9.75. The van der Waals surface area contributed by atoms with Crippen LogP contribution in [0.5, 0.6) is 0 Å². The summed E-state index contributed by atoms with van der Waals surface area (Å²) in [5.41, 5.74) is 7.00. The number of likely N-dealkylation sites (tertiary alicyclic amines) is 2. The number of halogens is 1. The van der Waals surface area contributed by atoms with Gasteiger partial charge in [0.15, 0.2) is 10.1 Å².